The highest BCUT2D eigenvalue weighted by Crippen LogP contribution is 2.28. The van der Waals surface area contributed by atoms with E-state index in [0.717, 1.165) is 11.3 Å². The van der Waals surface area contributed by atoms with E-state index in [1.807, 2.05) is 36.4 Å². The second kappa shape index (κ2) is 12.9. The van der Waals surface area contributed by atoms with Crippen LogP contribution in [0.1, 0.15) is 36.6 Å². The molecule has 1 heterocycles. The maximum Gasteiger partial charge on any atom is 0.256 e. The molecule has 5 rings (SSSR count). The third-order valence-corrected chi connectivity index (χ3v) is 7.45. The highest BCUT2D eigenvalue weighted by molar-refractivity contribution is 6.30. The Morgan fingerprint density at radius 3 is 2.14 bits per heavy atom. The summed E-state index contributed by atoms with van der Waals surface area (Å²) in [7, 11) is 1.74. The molecule has 0 unspecified atom stereocenters. The van der Waals surface area contributed by atoms with Crippen LogP contribution in [0.3, 0.4) is 0 Å². The summed E-state index contributed by atoms with van der Waals surface area (Å²) < 4.78 is 13.3. The molecule has 0 bridgehead atoms. The van der Waals surface area contributed by atoms with E-state index >= 15 is 0 Å². The predicted molar refractivity (Wildman–Crippen MR) is 163 cm³/mol. The van der Waals surface area contributed by atoms with Gasteiger partial charge in [0.25, 0.3) is 17.7 Å². The van der Waals surface area contributed by atoms with E-state index in [2.05, 4.69) is 10.2 Å². The van der Waals surface area contributed by atoms with Gasteiger partial charge in [0.15, 0.2) is 0 Å². The predicted octanol–water partition coefficient (Wildman–Crippen LogP) is 5.97. The molecule has 0 aromatic heterocycles. The van der Waals surface area contributed by atoms with Gasteiger partial charge in [0, 0.05) is 67.3 Å². The molecule has 1 fully saturated rings. The fourth-order valence-corrected chi connectivity index (χ4v) is 5.05. The third kappa shape index (κ3) is 6.78. The molecule has 1 aliphatic rings. The van der Waals surface area contributed by atoms with Gasteiger partial charge in [-0.05, 0) is 72.3 Å². The van der Waals surface area contributed by atoms with Crippen molar-refractivity contribution < 1.29 is 18.8 Å². The maximum absolute atomic E-state index is 13.8. The molecule has 214 valence electrons. The van der Waals surface area contributed by atoms with Crippen molar-refractivity contribution in [2.45, 2.75) is 6.54 Å². The van der Waals surface area contributed by atoms with Gasteiger partial charge in [-0.3, -0.25) is 14.4 Å². The molecule has 4 aromatic rings. The number of carbonyl (C=O) groups is 3. The van der Waals surface area contributed by atoms with E-state index in [0.29, 0.717) is 60.1 Å². The Balaban J connectivity index is 1.37. The zero-order valence-electron chi connectivity index (χ0n) is 23.1. The van der Waals surface area contributed by atoms with Crippen LogP contribution in [0.5, 0.6) is 0 Å². The normalized spacial score (nSPS) is 13.0. The van der Waals surface area contributed by atoms with Crippen LogP contribution in [-0.4, -0.2) is 60.7 Å². The molecular weight excluding hydrogens is 555 g/mol. The molecule has 4 aromatic carbocycles. The van der Waals surface area contributed by atoms with E-state index < -0.39 is 11.7 Å². The summed E-state index contributed by atoms with van der Waals surface area (Å²) >= 11 is 5.97. The Morgan fingerprint density at radius 1 is 0.833 bits per heavy atom. The first kappa shape index (κ1) is 28.8. The molecule has 0 saturated carbocycles. The van der Waals surface area contributed by atoms with Crippen molar-refractivity contribution in [1.29, 1.82) is 0 Å². The Morgan fingerprint density at radius 2 is 1.48 bits per heavy atom. The highest BCUT2D eigenvalue weighted by Gasteiger charge is 2.26. The first-order valence-electron chi connectivity index (χ1n) is 13.6. The quantitative estimate of drug-likeness (QED) is 0.291. The lowest BCUT2D eigenvalue weighted by molar-refractivity contribution is 0.0742. The molecule has 0 atom stereocenters. The molecule has 9 heteroatoms. The number of halogens is 2. The number of nitrogens with zero attached hydrogens (tertiary/aromatic N) is 3. The summed E-state index contributed by atoms with van der Waals surface area (Å²) in [5.74, 6) is -1.11. The van der Waals surface area contributed by atoms with Crippen LogP contribution in [0.4, 0.5) is 15.8 Å². The second-order valence-corrected chi connectivity index (χ2v) is 10.6. The van der Waals surface area contributed by atoms with Crippen molar-refractivity contribution in [3.05, 3.63) is 130 Å². The van der Waals surface area contributed by atoms with Crippen molar-refractivity contribution in [2.75, 3.05) is 43.4 Å². The van der Waals surface area contributed by atoms with Crippen molar-refractivity contribution in [2.24, 2.45) is 0 Å². The van der Waals surface area contributed by atoms with Gasteiger partial charge in [-0.1, -0.05) is 41.9 Å². The zero-order chi connectivity index (χ0) is 29.6. The van der Waals surface area contributed by atoms with Gasteiger partial charge in [-0.25, -0.2) is 4.39 Å². The lowest BCUT2D eigenvalue weighted by Gasteiger charge is -2.37. The third-order valence-electron chi connectivity index (χ3n) is 7.20. The number of piperazine rings is 1. The SMILES string of the molecule is CN(Cc1ccccc1)C(=O)c1cc(NC(=O)c2ccc(F)cc2)ccc1N1CCN(C(=O)c2ccc(Cl)cc2)CC1. The van der Waals surface area contributed by atoms with Gasteiger partial charge in [0.1, 0.15) is 5.82 Å². The molecule has 7 nitrogen and oxygen atoms in total. The molecule has 0 spiro atoms. The van der Waals surface area contributed by atoms with E-state index in [9.17, 15) is 18.8 Å². The lowest BCUT2D eigenvalue weighted by atomic mass is 10.1. The average molecular weight is 585 g/mol. The molecule has 1 N–H and O–H groups in total. The number of nitrogens with one attached hydrogen (secondary N) is 1. The topological polar surface area (TPSA) is 73.0 Å². The smallest absolute Gasteiger partial charge is 0.256 e. The van der Waals surface area contributed by atoms with Gasteiger partial charge < -0.3 is 20.0 Å². The van der Waals surface area contributed by atoms with E-state index in [-0.39, 0.29) is 11.8 Å². The number of rotatable bonds is 7. The van der Waals surface area contributed by atoms with Crippen LogP contribution >= 0.6 is 11.6 Å². The monoisotopic (exact) mass is 584 g/mol. The summed E-state index contributed by atoms with van der Waals surface area (Å²) in [5.41, 5.74) is 3.47. The van der Waals surface area contributed by atoms with Crippen LogP contribution in [0.15, 0.2) is 97.1 Å². The Labute approximate surface area is 249 Å². The number of anilines is 2. The Bertz CT molecular complexity index is 1570. The Kier molecular flexibility index (Phi) is 8.83. The minimum absolute atomic E-state index is 0.0657. The second-order valence-electron chi connectivity index (χ2n) is 10.1. The molecule has 0 radical (unpaired) electrons. The van der Waals surface area contributed by atoms with Gasteiger partial charge in [-0.2, -0.15) is 0 Å². The van der Waals surface area contributed by atoms with Gasteiger partial charge in [0.2, 0.25) is 0 Å². The molecule has 42 heavy (non-hydrogen) atoms. The minimum Gasteiger partial charge on any atom is -0.367 e. The summed E-state index contributed by atoms with van der Waals surface area (Å²) in [6.45, 7) is 2.44. The number of amides is 3. The first-order valence-corrected chi connectivity index (χ1v) is 14.0. The summed E-state index contributed by atoms with van der Waals surface area (Å²) in [6.07, 6.45) is 0. The fourth-order valence-electron chi connectivity index (χ4n) is 4.93. The lowest BCUT2D eigenvalue weighted by Crippen LogP contribution is -2.49. The number of hydrogen-bond donors (Lipinski definition) is 1. The standard InChI is InChI=1S/C33H30ClFN4O3/c1-37(22-23-5-3-2-4-6-23)33(42)29-21-28(36-31(40)24-9-13-27(35)14-10-24)15-16-30(29)38-17-19-39(20-18-38)32(41)25-7-11-26(34)12-8-25/h2-16,21H,17-20,22H2,1H3,(H,36,40). The summed E-state index contributed by atoms with van der Waals surface area (Å²) in [6, 6.07) is 27.0. The molecule has 0 aliphatic carbocycles. The van der Waals surface area contributed by atoms with E-state index in [1.165, 1.54) is 24.3 Å². The summed E-state index contributed by atoms with van der Waals surface area (Å²) in [4.78, 5) is 45.2. The minimum atomic E-state index is -0.430. The van der Waals surface area contributed by atoms with Crippen molar-refractivity contribution in [1.82, 2.24) is 9.80 Å². The van der Waals surface area contributed by atoms with E-state index in [1.54, 1.807) is 53.2 Å². The molecular formula is C33H30ClFN4O3. The zero-order valence-corrected chi connectivity index (χ0v) is 23.9. The van der Waals surface area contributed by atoms with Gasteiger partial charge in [-0.15, -0.1) is 0 Å². The van der Waals surface area contributed by atoms with Crippen molar-refractivity contribution in [3.63, 3.8) is 0 Å². The van der Waals surface area contributed by atoms with Gasteiger partial charge in [0.05, 0.1) is 5.56 Å². The largest absolute Gasteiger partial charge is 0.367 e. The first-order chi connectivity index (χ1) is 20.3. The van der Waals surface area contributed by atoms with Crippen molar-refractivity contribution in [3.8, 4) is 0 Å². The number of benzene rings is 4. The van der Waals surface area contributed by atoms with Gasteiger partial charge >= 0.3 is 0 Å². The van der Waals surface area contributed by atoms with Crippen LogP contribution in [-0.2, 0) is 6.54 Å². The highest BCUT2D eigenvalue weighted by atomic mass is 35.5. The fraction of sp³-hybridized carbons (Fsp3) is 0.182. The van der Waals surface area contributed by atoms with Crippen LogP contribution in [0.2, 0.25) is 5.02 Å². The van der Waals surface area contributed by atoms with Crippen molar-refractivity contribution >= 4 is 40.7 Å². The number of hydrogen-bond acceptors (Lipinski definition) is 4. The molecule has 1 saturated heterocycles. The Hall–Kier alpha value is -4.69. The molecule has 3 amide bonds. The summed E-state index contributed by atoms with van der Waals surface area (Å²) in [5, 5.41) is 3.40. The maximum atomic E-state index is 13.8. The number of carbonyl (C=O) groups excluding carboxylic acids is 3. The van der Waals surface area contributed by atoms with Crippen LogP contribution in [0.25, 0.3) is 0 Å². The molecule has 1 aliphatic heterocycles. The van der Waals surface area contributed by atoms with Crippen LogP contribution < -0.4 is 10.2 Å². The van der Waals surface area contributed by atoms with E-state index in [4.69, 9.17) is 11.6 Å². The van der Waals surface area contributed by atoms with Crippen LogP contribution in [0, 0.1) is 5.82 Å². The average Bonchev–Trinajstić information content (AvgIpc) is 3.01.